The predicted molar refractivity (Wildman–Crippen MR) is 203 cm³/mol. The highest BCUT2D eigenvalue weighted by molar-refractivity contribution is 7.91. The number of likely N-dealkylation sites (N-methyl/N-ethyl adjacent to an activating group) is 1. The van der Waals surface area contributed by atoms with Gasteiger partial charge in [0.15, 0.2) is 0 Å². The van der Waals surface area contributed by atoms with E-state index in [2.05, 4.69) is 21.9 Å². The number of ether oxygens (including phenoxy) is 2. The minimum atomic E-state index is -3.98. The van der Waals surface area contributed by atoms with Crippen LogP contribution in [-0.4, -0.2) is 113 Å². The summed E-state index contributed by atoms with van der Waals surface area (Å²) in [6, 6.07) is 1.25. The summed E-state index contributed by atoms with van der Waals surface area (Å²) in [7, 11) is -2.42. The number of rotatable bonds is 7. The number of hydrogen-bond donors (Lipinski definition) is 3. The van der Waals surface area contributed by atoms with Crippen LogP contribution in [0.25, 0.3) is 0 Å². The number of carbonyl (C=O) groups excluding carboxylic acids is 6. The van der Waals surface area contributed by atoms with Crippen molar-refractivity contribution in [3.8, 4) is 0 Å². The average Bonchev–Trinajstić information content (AvgIpc) is 4.02. The lowest BCUT2D eigenvalue weighted by atomic mass is 9.98. The molecule has 6 atom stereocenters. The van der Waals surface area contributed by atoms with Crippen LogP contribution in [0.1, 0.15) is 83.3 Å². The Morgan fingerprint density at radius 3 is 2.51 bits per heavy atom. The Kier molecular flexibility index (Phi) is 11.8. The van der Waals surface area contributed by atoms with Gasteiger partial charge < -0.3 is 29.9 Å². The van der Waals surface area contributed by atoms with Crippen molar-refractivity contribution >= 4 is 45.8 Å². The summed E-state index contributed by atoms with van der Waals surface area (Å²) >= 11 is 0. The molecule has 2 saturated carbocycles. The monoisotopic (exact) mass is 814 g/mol. The molecule has 3 N–H and O–H groups in total. The van der Waals surface area contributed by atoms with Crippen molar-refractivity contribution in [2.45, 2.75) is 126 Å². The molecule has 5 aliphatic rings. The zero-order valence-corrected chi connectivity index (χ0v) is 33.4. The van der Waals surface area contributed by atoms with E-state index in [0.717, 1.165) is 6.08 Å². The first-order valence-electron chi connectivity index (χ1n) is 19.3. The summed E-state index contributed by atoms with van der Waals surface area (Å²) in [6.07, 6.45) is 3.96. The van der Waals surface area contributed by atoms with Crippen LogP contribution in [0.4, 0.5) is 14.0 Å². The van der Waals surface area contributed by atoms with E-state index in [9.17, 15) is 41.6 Å². The van der Waals surface area contributed by atoms with Crippen LogP contribution in [0.2, 0.25) is 0 Å². The van der Waals surface area contributed by atoms with Gasteiger partial charge >= 0.3 is 12.2 Å². The minimum Gasteiger partial charge on any atom is -0.444 e. The molecule has 6 amide bonds. The van der Waals surface area contributed by atoms with Crippen LogP contribution in [-0.2, 0) is 51.8 Å². The summed E-state index contributed by atoms with van der Waals surface area (Å²) in [5.41, 5.74) is -1.61. The number of benzene rings is 1. The second-order valence-corrected chi connectivity index (χ2v) is 18.5. The molecule has 6 rings (SSSR count). The third kappa shape index (κ3) is 9.42. The van der Waals surface area contributed by atoms with Crippen LogP contribution in [0.3, 0.4) is 0 Å². The quantitative estimate of drug-likeness (QED) is 0.272. The molecular weight excluding hydrogens is 764 g/mol. The minimum absolute atomic E-state index is 0.0450. The van der Waals surface area contributed by atoms with E-state index >= 15 is 0 Å². The van der Waals surface area contributed by atoms with Gasteiger partial charge in [-0.2, -0.15) is 0 Å². The first-order valence-corrected chi connectivity index (χ1v) is 20.8. The molecule has 57 heavy (non-hydrogen) atoms. The lowest BCUT2D eigenvalue weighted by Gasteiger charge is -2.34. The second kappa shape index (κ2) is 16.1. The molecular formula is C39H51FN6O10S. The van der Waals surface area contributed by atoms with Gasteiger partial charge in [-0.15, -0.1) is 0 Å². The zero-order chi connectivity index (χ0) is 41.4. The highest BCUT2D eigenvalue weighted by atomic mass is 32.2. The molecule has 4 unspecified atom stereocenters. The molecule has 2 aliphatic carbocycles. The molecule has 310 valence electrons. The number of amides is 6. The van der Waals surface area contributed by atoms with Crippen LogP contribution in [0.5, 0.6) is 0 Å². The van der Waals surface area contributed by atoms with Crippen molar-refractivity contribution in [2.24, 2.45) is 5.92 Å². The van der Waals surface area contributed by atoms with Gasteiger partial charge in [0.1, 0.15) is 35.1 Å². The number of sulfonamides is 1. The Balaban J connectivity index is 1.32. The van der Waals surface area contributed by atoms with E-state index in [4.69, 9.17) is 9.47 Å². The fourth-order valence-electron chi connectivity index (χ4n) is 7.74. The standard InChI is InChI=1S/C39H51FN6O10S/c1-6-32(47)44(5)25-13-9-7-8-12-24-19-39(24,35(50)43-57(53,54)27-15-16-27)42-33(48)31-18-26(55-37(52)45-20-23-11-10-14-29(40)28(23)22-45)21-46(31)34(49)30(17-25)41-36(51)56-38(2,3)4/h6,8,10-12,14,24-27,30-31H,1,7,9,13,15-22H2,2-5H3,(H,41,51)(H,42,48)(H,43,50)/b12-8-/t24?,25?,26-,30+,31?,39?/m1/s1. The zero-order valence-electron chi connectivity index (χ0n) is 32.6. The van der Waals surface area contributed by atoms with E-state index in [0.29, 0.717) is 43.2 Å². The second-order valence-electron chi connectivity index (χ2n) is 16.5. The maximum atomic E-state index is 14.8. The third-order valence-electron chi connectivity index (χ3n) is 11.1. The SMILES string of the molecule is C=CC(=O)N(C)C1CCC/C=C\C2CC2(C(=O)NS(=O)(=O)C2CC2)NC(=O)C2C[C@@H](OC(=O)N3Cc4cccc(F)c4C3)CN2C(=O)[C@@H](NC(=O)OC(C)(C)C)C1. The topological polar surface area (TPSA) is 201 Å². The Morgan fingerprint density at radius 2 is 1.84 bits per heavy atom. The fraction of sp³-hybridized carbons (Fsp3) is 0.590. The Labute approximate surface area is 331 Å². The van der Waals surface area contributed by atoms with Crippen molar-refractivity contribution in [3.05, 3.63) is 60.0 Å². The maximum absolute atomic E-state index is 14.8. The van der Waals surface area contributed by atoms with Crippen LogP contribution >= 0.6 is 0 Å². The maximum Gasteiger partial charge on any atom is 0.410 e. The number of nitrogens with zero attached hydrogens (tertiary/aromatic N) is 3. The summed E-state index contributed by atoms with van der Waals surface area (Å²) in [4.78, 5) is 86.4. The first-order chi connectivity index (χ1) is 26.8. The van der Waals surface area contributed by atoms with Crippen molar-refractivity contribution in [2.75, 3.05) is 13.6 Å². The average molecular weight is 815 g/mol. The van der Waals surface area contributed by atoms with Gasteiger partial charge in [0.05, 0.1) is 18.3 Å². The molecule has 0 radical (unpaired) electrons. The molecule has 3 fully saturated rings. The summed E-state index contributed by atoms with van der Waals surface area (Å²) in [6.45, 7) is 8.28. The number of carbonyl (C=O) groups is 6. The van der Waals surface area contributed by atoms with E-state index in [1.165, 1.54) is 20.8 Å². The van der Waals surface area contributed by atoms with Gasteiger partial charge in [0, 0.05) is 37.5 Å². The number of hydrogen-bond acceptors (Lipinski definition) is 10. The van der Waals surface area contributed by atoms with Gasteiger partial charge in [-0.25, -0.2) is 22.4 Å². The van der Waals surface area contributed by atoms with E-state index in [1.54, 1.807) is 46.0 Å². The molecule has 1 aromatic rings. The Hall–Kier alpha value is -5.00. The van der Waals surface area contributed by atoms with Crippen LogP contribution < -0.4 is 15.4 Å². The molecule has 0 bridgehead atoms. The molecule has 0 spiro atoms. The highest BCUT2D eigenvalue weighted by Gasteiger charge is 2.62. The number of allylic oxidation sites excluding steroid dienone is 1. The first kappa shape index (κ1) is 41.6. The Bertz CT molecular complexity index is 1970. The van der Waals surface area contributed by atoms with Gasteiger partial charge in [0.25, 0.3) is 5.91 Å². The number of halogens is 1. The molecule has 1 saturated heterocycles. The Morgan fingerprint density at radius 1 is 1.11 bits per heavy atom. The lowest BCUT2D eigenvalue weighted by molar-refractivity contribution is -0.141. The molecule has 3 aliphatic heterocycles. The molecule has 18 heteroatoms. The van der Waals surface area contributed by atoms with Crippen molar-refractivity contribution < 1.29 is 51.0 Å². The normalized spacial score (nSPS) is 28.3. The van der Waals surface area contributed by atoms with E-state index in [1.807, 2.05) is 6.08 Å². The van der Waals surface area contributed by atoms with Crippen LogP contribution in [0, 0.1) is 11.7 Å². The summed E-state index contributed by atoms with van der Waals surface area (Å²) in [5, 5.41) is 4.71. The van der Waals surface area contributed by atoms with E-state index < -0.39 is 98.2 Å². The predicted octanol–water partition coefficient (Wildman–Crippen LogP) is 2.77. The van der Waals surface area contributed by atoms with Gasteiger partial charge in [0.2, 0.25) is 27.7 Å². The van der Waals surface area contributed by atoms with E-state index in [-0.39, 0.29) is 38.9 Å². The lowest BCUT2D eigenvalue weighted by Crippen LogP contribution is -2.59. The third-order valence-corrected chi connectivity index (χ3v) is 12.9. The fourth-order valence-corrected chi connectivity index (χ4v) is 9.10. The highest BCUT2D eigenvalue weighted by Crippen LogP contribution is 2.46. The summed E-state index contributed by atoms with van der Waals surface area (Å²) in [5.74, 6) is -3.88. The number of nitrogens with one attached hydrogen (secondary N) is 3. The molecule has 16 nitrogen and oxygen atoms in total. The van der Waals surface area contributed by atoms with Gasteiger partial charge in [-0.3, -0.25) is 28.8 Å². The van der Waals surface area contributed by atoms with Gasteiger partial charge in [-0.1, -0.05) is 30.9 Å². The van der Waals surface area contributed by atoms with Crippen molar-refractivity contribution in [1.82, 2.24) is 30.1 Å². The largest absolute Gasteiger partial charge is 0.444 e. The molecule has 1 aromatic carbocycles. The van der Waals surface area contributed by atoms with Gasteiger partial charge in [-0.05, 0) is 83.4 Å². The summed E-state index contributed by atoms with van der Waals surface area (Å²) < 4.78 is 53.7. The number of fused-ring (bicyclic) bond motifs is 3. The molecule has 3 heterocycles. The van der Waals surface area contributed by atoms with Crippen LogP contribution in [0.15, 0.2) is 43.0 Å². The van der Waals surface area contributed by atoms with Crippen molar-refractivity contribution in [1.29, 1.82) is 0 Å². The number of alkyl carbamates (subject to hydrolysis) is 1. The smallest absolute Gasteiger partial charge is 0.410 e. The van der Waals surface area contributed by atoms with Crippen molar-refractivity contribution in [3.63, 3.8) is 0 Å². The molecule has 0 aromatic heterocycles.